The molecule has 0 aliphatic heterocycles. The SMILES string of the molecule is O=C([CH]Cc1ccccc1)C(c1ccccc1)c1ccccc1. The van der Waals surface area contributed by atoms with Gasteiger partial charge in [0.05, 0.1) is 5.92 Å². The first-order valence-electron chi connectivity index (χ1n) is 7.85. The summed E-state index contributed by atoms with van der Waals surface area (Å²) in [5, 5.41) is 0. The summed E-state index contributed by atoms with van der Waals surface area (Å²) in [6.07, 6.45) is 2.47. The molecule has 0 aromatic heterocycles. The minimum atomic E-state index is -0.235. The van der Waals surface area contributed by atoms with Gasteiger partial charge in [-0.3, -0.25) is 4.79 Å². The number of carbonyl (C=O) groups is 1. The third-order valence-corrected chi connectivity index (χ3v) is 3.93. The summed E-state index contributed by atoms with van der Waals surface area (Å²) in [7, 11) is 0. The van der Waals surface area contributed by atoms with Crippen molar-refractivity contribution in [2.24, 2.45) is 0 Å². The van der Waals surface area contributed by atoms with E-state index in [4.69, 9.17) is 0 Å². The van der Waals surface area contributed by atoms with E-state index in [0.717, 1.165) is 16.7 Å². The van der Waals surface area contributed by atoms with Crippen LogP contribution in [0.5, 0.6) is 0 Å². The highest BCUT2D eigenvalue weighted by atomic mass is 16.1. The molecule has 23 heavy (non-hydrogen) atoms. The number of rotatable bonds is 6. The predicted molar refractivity (Wildman–Crippen MR) is 94.2 cm³/mol. The van der Waals surface area contributed by atoms with Crippen LogP contribution >= 0.6 is 0 Å². The fourth-order valence-electron chi connectivity index (χ4n) is 2.76. The molecule has 3 aromatic rings. The Morgan fingerprint density at radius 1 is 0.696 bits per heavy atom. The van der Waals surface area contributed by atoms with Gasteiger partial charge in [-0.25, -0.2) is 0 Å². The van der Waals surface area contributed by atoms with Crippen LogP contribution in [0.3, 0.4) is 0 Å². The smallest absolute Gasteiger partial charge is 0.148 e. The van der Waals surface area contributed by atoms with Crippen LogP contribution in [0, 0.1) is 6.42 Å². The van der Waals surface area contributed by atoms with Gasteiger partial charge < -0.3 is 0 Å². The molecule has 0 N–H and O–H groups in total. The van der Waals surface area contributed by atoms with E-state index in [1.54, 1.807) is 6.42 Å². The minimum Gasteiger partial charge on any atom is -0.298 e. The van der Waals surface area contributed by atoms with Gasteiger partial charge >= 0.3 is 0 Å². The van der Waals surface area contributed by atoms with E-state index in [-0.39, 0.29) is 11.7 Å². The van der Waals surface area contributed by atoms with Crippen LogP contribution in [-0.2, 0) is 11.2 Å². The monoisotopic (exact) mass is 299 g/mol. The normalized spacial score (nSPS) is 10.7. The Balaban J connectivity index is 1.82. The number of benzene rings is 3. The molecule has 0 spiro atoms. The molecule has 0 unspecified atom stereocenters. The van der Waals surface area contributed by atoms with Crippen LogP contribution in [0.2, 0.25) is 0 Å². The molecule has 3 rings (SSSR count). The highest BCUT2D eigenvalue weighted by molar-refractivity contribution is 5.95. The van der Waals surface area contributed by atoms with Crippen molar-refractivity contribution in [3.8, 4) is 0 Å². The minimum absolute atomic E-state index is 0.145. The molecule has 1 radical (unpaired) electrons. The largest absolute Gasteiger partial charge is 0.298 e. The third-order valence-electron chi connectivity index (χ3n) is 3.93. The third kappa shape index (κ3) is 3.95. The van der Waals surface area contributed by atoms with Crippen molar-refractivity contribution >= 4 is 5.78 Å². The molecular weight excluding hydrogens is 280 g/mol. The van der Waals surface area contributed by atoms with Gasteiger partial charge in [-0.05, 0) is 23.1 Å². The number of Topliss-reactive ketones (excluding diaryl/α,β-unsaturated/α-hetero) is 1. The van der Waals surface area contributed by atoms with Crippen LogP contribution in [0.25, 0.3) is 0 Å². The van der Waals surface area contributed by atoms with E-state index >= 15 is 0 Å². The molecule has 0 bridgehead atoms. The Labute approximate surface area is 137 Å². The number of hydrogen-bond acceptors (Lipinski definition) is 1. The molecule has 1 nitrogen and oxygen atoms in total. The maximum absolute atomic E-state index is 12.9. The summed E-state index contributed by atoms with van der Waals surface area (Å²) in [5.74, 6) is -0.0904. The zero-order valence-electron chi connectivity index (χ0n) is 12.9. The van der Waals surface area contributed by atoms with E-state index in [2.05, 4.69) is 0 Å². The van der Waals surface area contributed by atoms with Crippen LogP contribution in [0.15, 0.2) is 91.0 Å². The molecule has 0 aliphatic carbocycles. The fourth-order valence-corrected chi connectivity index (χ4v) is 2.76. The summed E-state index contributed by atoms with van der Waals surface area (Å²) >= 11 is 0. The molecule has 0 aliphatic rings. The molecular formula is C22H19O. The Bertz CT molecular complexity index is 693. The molecule has 0 fully saturated rings. The standard InChI is InChI=1S/C22H19O/c23-21(17-16-18-10-4-1-5-11-18)22(19-12-6-2-7-13-19)20-14-8-3-9-15-20/h1-15,17,22H,16H2. The van der Waals surface area contributed by atoms with Crippen molar-refractivity contribution in [2.45, 2.75) is 12.3 Å². The lowest BCUT2D eigenvalue weighted by Gasteiger charge is -2.17. The average molecular weight is 299 g/mol. The van der Waals surface area contributed by atoms with Crippen molar-refractivity contribution in [1.82, 2.24) is 0 Å². The molecule has 0 saturated carbocycles. The average Bonchev–Trinajstić information content (AvgIpc) is 2.63. The summed E-state index contributed by atoms with van der Waals surface area (Å²) in [6, 6.07) is 30.0. The van der Waals surface area contributed by atoms with Crippen molar-refractivity contribution in [2.75, 3.05) is 0 Å². The van der Waals surface area contributed by atoms with E-state index in [1.807, 2.05) is 91.0 Å². The van der Waals surface area contributed by atoms with E-state index < -0.39 is 0 Å². The number of carbonyl (C=O) groups excluding carboxylic acids is 1. The van der Waals surface area contributed by atoms with Crippen molar-refractivity contribution in [1.29, 1.82) is 0 Å². The second-order valence-corrected chi connectivity index (χ2v) is 5.55. The van der Waals surface area contributed by atoms with Crippen LogP contribution in [0.1, 0.15) is 22.6 Å². The van der Waals surface area contributed by atoms with Gasteiger partial charge in [0, 0.05) is 6.42 Å². The van der Waals surface area contributed by atoms with Crippen LogP contribution in [0.4, 0.5) is 0 Å². The van der Waals surface area contributed by atoms with Gasteiger partial charge in [0.25, 0.3) is 0 Å². The van der Waals surface area contributed by atoms with Gasteiger partial charge in [0.2, 0.25) is 0 Å². The van der Waals surface area contributed by atoms with Gasteiger partial charge in [0.15, 0.2) is 0 Å². The zero-order chi connectivity index (χ0) is 15.9. The maximum Gasteiger partial charge on any atom is 0.148 e. The molecule has 113 valence electrons. The lowest BCUT2D eigenvalue weighted by Crippen LogP contribution is -2.15. The highest BCUT2D eigenvalue weighted by Crippen LogP contribution is 2.26. The Hall–Kier alpha value is -2.67. The molecule has 0 atom stereocenters. The molecule has 0 saturated heterocycles. The second-order valence-electron chi connectivity index (χ2n) is 5.55. The highest BCUT2D eigenvalue weighted by Gasteiger charge is 2.22. The maximum atomic E-state index is 12.9. The van der Waals surface area contributed by atoms with Crippen LogP contribution < -0.4 is 0 Å². The quantitative estimate of drug-likeness (QED) is 0.637. The Morgan fingerprint density at radius 3 is 1.61 bits per heavy atom. The number of ketones is 1. The predicted octanol–water partition coefficient (Wildman–Crippen LogP) is 4.83. The van der Waals surface area contributed by atoms with Crippen molar-refractivity contribution < 1.29 is 4.79 Å². The Morgan fingerprint density at radius 2 is 1.13 bits per heavy atom. The zero-order valence-corrected chi connectivity index (χ0v) is 12.9. The van der Waals surface area contributed by atoms with Gasteiger partial charge in [-0.15, -0.1) is 0 Å². The van der Waals surface area contributed by atoms with E-state index in [1.165, 1.54) is 0 Å². The van der Waals surface area contributed by atoms with Crippen LogP contribution in [-0.4, -0.2) is 5.78 Å². The summed E-state index contributed by atoms with van der Waals surface area (Å²) in [4.78, 5) is 12.9. The molecule has 0 amide bonds. The summed E-state index contributed by atoms with van der Waals surface area (Å²) in [5.41, 5.74) is 3.22. The lowest BCUT2D eigenvalue weighted by atomic mass is 9.85. The van der Waals surface area contributed by atoms with Gasteiger partial charge in [-0.2, -0.15) is 0 Å². The first kappa shape index (κ1) is 15.2. The van der Waals surface area contributed by atoms with Crippen molar-refractivity contribution in [3.63, 3.8) is 0 Å². The second kappa shape index (κ2) is 7.55. The Kier molecular flexibility index (Phi) is 5.00. The summed E-state index contributed by atoms with van der Waals surface area (Å²) in [6.45, 7) is 0. The van der Waals surface area contributed by atoms with Gasteiger partial charge in [-0.1, -0.05) is 91.0 Å². The van der Waals surface area contributed by atoms with Gasteiger partial charge in [0.1, 0.15) is 5.78 Å². The molecule has 3 aromatic carbocycles. The molecule has 1 heteroatoms. The summed E-state index contributed by atoms with van der Waals surface area (Å²) < 4.78 is 0. The van der Waals surface area contributed by atoms with Crippen molar-refractivity contribution in [3.05, 3.63) is 114 Å². The fraction of sp³-hybridized carbons (Fsp3) is 0.0909. The topological polar surface area (TPSA) is 17.1 Å². The number of hydrogen-bond donors (Lipinski definition) is 0. The molecule has 0 heterocycles. The lowest BCUT2D eigenvalue weighted by molar-refractivity contribution is -0.116. The first-order valence-corrected chi connectivity index (χ1v) is 7.85. The van der Waals surface area contributed by atoms with E-state index in [0.29, 0.717) is 6.42 Å². The first-order chi connectivity index (χ1) is 11.3. The van der Waals surface area contributed by atoms with E-state index in [9.17, 15) is 4.79 Å².